The van der Waals surface area contributed by atoms with Crippen LogP contribution in [0.25, 0.3) is 11.3 Å². The summed E-state index contributed by atoms with van der Waals surface area (Å²) >= 11 is 0. The molecule has 0 radical (unpaired) electrons. The fraction of sp³-hybridized carbons (Fsp3) is 0.304. The van der Waals surface area contributed by atoms with E-state index in [1.54, 1.807) is 11.8 Å². The topological polar surface area (TPSA) is 56.2 Å². The Morgan fingerprint density at radius 1 is 1.21 bits per heavy atom. The smallest absolute Gasteiger partial charge is 0.270 e. The SMILES string of the molecule is CCn1nc(-c2cccc(OC)c2)cc1C(=O)NC1CCCc2ccccc21. The second kappa shape index (κ2) is 7.89. The fourth-order valence-corrected chi connectivity index (χ4v) is 3.90. The molecule has 1 unspecified atom stereocenters. The van der Waals surface area contributed by atoms with E-state index >= 15 is 0 Å². The molecular formula is C23H25N3O2. The van der Waals surface area contributed by atoms with Gasteiger partial charge in [0, 0.05) is 12.1 Å². The average Bonchev–Trinajstić information content (AvgIpc) is 3.19. The van der Waals surface area contributed by atoms with Crippen molar-refractivity contribution in [2.24, 2.45) is 0 Å². The zero-order valence-corrected chi connectivity index (χ0v) is 16.3. The lowest BCUT2D eigenvalue weighted by molar-refractivity contribution is 0.0922. The van der Waals surface area contributed by atoms with E-state index in [-0.39, 0.29) is 11.9 Å². The molecule has 0 aliphatic heterocycles. The molecule has 4 rings (SSSR count). The lowest BCUT2D eigenvalue weighted by atomic mass is 9.87. The van der Waals surface area contributed by atoms with Crippen LogP contribution in [0.15, 0.2) is 54.6 Å². The molecule has 28 heavy (non-hydrogen) atoms. The highest BCUT2D eigenvalue weighted by atomic mass is 16.5. The van der Waals surface area contributed by atoms with Gasteiger partial charge in [-0.25, -0.2) is 0 Å². The molecule has 0 spiro atoms. The molecule has 0 fully saturated rings. The number of hydrogen-bond donors (Lipinski definition) is 1. The van der Waals surface area contributed by atoms with Crippen molar-refractivity contribution >= 4 is 5.91 Å². The van der Waals surface area contributed by atoms with Crippen LogP contribution in [-0.2, 0) is 13.0 Å². The predicted molar refractivity (Wildman–Crippen MR) is 109 cm³/mol. The number of nitrogens with zero attached hydrogens (tertiary/aromatic N) is 2. The largest absolute Gasteiger partial charge is 0.497 e. The molecule has 1 atom stereocenters. The molecule has 0 saturated heterocycles. The van der Waals surface area contributed by atoms with Gasteiger partial charge in [0.2, 0.25) is 0 Å². The molecule has 144 valence electrons. The van der Waals surface area contributed by atoms with E-state index < -0.39 is 0 Å². The van der Waals surface area contributed by atoms with Crippen molar-refractivity contribution in [2.75, 3.05) is 7.11 Å². The van der Waals surface area contributed by atoms with Gasteiger partial charge < -0.3 is 10.1 Å². The minimum absolute atomic E-state index is 0.0536. The van der Waals surface area contributed by atoms with Crippen molar-refractivity contribution in [2.45, 2.75) is 38.8 Å². The van der Waals surface area contributed by atoms with E-state index in [4.69, 9.17) is 4.74 Å². The number of carbonyl (C=O) groups is 1. The first kappa shape index (κ1) is 18.3. The summed E-state index contributed by atoms with van der Waals surface area (Å²) in [6.45, 7) is 2.63. The molecule has 0 saturated carbocycles. The Bertz CT molecular complexity index is 993. The number of aryl methyl sites for hydroxylation is 2. The summed E-state index contributed by atoms with van der Waals surface area (Å²) < 4.78 is 7.07. The number of benzene rings is 2. The summed E-state index contributed by atoms with van der Waals surface area (Å²) in [6, 6.07) is 18.0. The van der Waals surface area contributed by atoms with Gasteiger partial charge in [0.1, 0.15) is 11.4 Å². The molecule has 1 amide bonds. The Labute approximate surface area is 165 Å². The summed E-state index contributed by atoms with van der Waals surface area (Å²) in [7, 11) is 1.64. The van der Waals surface area contributed by atoms with Crippen LogP contribution < -0.4 is 10.1 Å². The Morgan fingerprint density at radius 3 is 2.89 bits per heavy atom. The summed E-state index contributed by atoms with van der Waals surface area (Å²) in [5.41, 5.74) is 4.86. The van der Waals surface area contributed by atoms with Crippen LogP contribution in [-0.4, -0.2) is 22.8 Å². The summed E-state index contributed by atoms with van der Waals surface area (Å²) in [5, 5.41) is 7.86. The zero-order valence-electron chi connectivity index (χ0n) is 16.3. The van der Waals surface area contributed by atoms with Crippen molar-refractivity contribution in [1.29, 1.82) is 0 Å². The van der Waals surface area contributed by atoms with Crippen LogP contribution >= 0.6 is 0 Å². The average molecular weight is 375 g/mol. The van der Waals surface area contributed by atoms with Gasteiger partial charge in [0.05, 0.1) is 18.8 Å². The second-order valence-corrected chi connectivity index (χ2v) is 7.08. The van der Waals surface area contributed by atoms with E-state index in [9.17, 15) is 4.79 Å². The zero-order chi connectivity index (χ0) is 19.5. The molecular weight excluding hydrogens is 350 g/mol. The van der Waals surface area contributed by atoms with Gasteiger partial charge in [0.25, 0.3) is 5.91 Å². The number of amides is 1. The highest BCUT2D eigenvalue weighted by Crippen LogP contribution is 2.30. The fourth-order valence-electron chi connectivity index (χ4n) is 3.90. The van der Waals surface area contributed by atoms with Crippen LogP contribution in [0.2, 0.25) is 0 Å². The molecule has 1 aromatic heterocycles. The van der Waals surface area contributed by atoms with Crippen molar-refractivity contribution in [3.8, 4) is 17.0 Å². The number of hydrogen-bond acceptors (Lipinski definition) is 3. The Morgan fingerprint density at radius 2 is 2.07 bits per heavy atom. The number of nitrogens with one attached hydrogen (secondary N) is 1. The van der Waals surface area contributed by atoms with Gasteiger partial charge in [-0.05, 0) is 55.5 Å². The van der Waals surface area contributed by atoms with E-state index in [0.29, 0.717) is 12.2 Å². The van der Waals surface area contributed by atoms with E-state index in [1.165, 1.54) is 11.1 Å². The van der Waals surface area contributed by atoms with Crippen molar-refractivity contribution in [3.63, 3.8) is 0 Å². The lowest BCUT2D eigenvalue weighted by Gasteiger charge is -2.26. The molecule has 5 nitrogen and oxygen atoms in total. The third-order valence-electron chi connectivity index (χ3n) is 5.35. The van der Waals surface area contributed by atoms with E-state index in [1.807, 2.05) is 43.3 Å². The highest BCUT2D eigenvalue weighted by molar-refractivity contribution is 5.94. The third-order valence-corrected chi connectivity index (χ3v) is 5.35. The number of ether oxygens (including phenoxy) is 1. The van der Waals surface area contributed by atoms with Crippen LogP contribution in [0, 0.1) is 0 Å². The van der Waals surface area contributed by atoms with Crippen LogP contribution in [0.1, 0.15) is 47.4 Å². The minimum Gasteiger partial charge on any atom is -0.497 e. The van der Waals surface area contributed by atoms with Crippen LogP contribution in [0.3, 0.4) is 0 Å². The minimum atomic E-state index is -0.0785. The summed E-state index contributed by atoms with van der Waals surface area (Å²) in [6.07, 6.45) is 3.13. The van der Waals surface area contributed by atoms with Gasteiger partial charge in [-0.1, -0.05) is 36.4 Å². The van der Waals surface area contributed by atoms with Gasteiger partial charge in [-0.15, -0.1) is 0 Å². The van der Waals surface area contributed by atoms with E-state index in [0.717, 1.165) is 36.3 Å². The molecule has 3 aromatic rings. The van der Waals surface area contributed by atoms with Gasteiger partial charge in [-0.3, -0.25) is 9.48 Å². The maximum Gasteiger partial charge on any atom is 0.270 e. The first-order chi connectivity index (χ1) is 13.7. The number of methoxy groups -OCH3 is 1. The molecule has 2 aromatic carbocycles. The first-order valence-corrected chi connectivity index (χ1v) is 9.80. The maximum atomic E-state index is 13.1. The van der Waals surface area contributed by atoms with Crippen molar-refractivity contribution in [1.82, 2.24) is 15.1 Å². The standard InChI is InChI=1S/C23H25N3O2/c1-3-26-22(15-21(25-26)17-10-6-11-18(14-17)28-2)23(27)24-20-13-7-9-16-8-4-5-12-19(16)20/h4-6,8,10-12,14-15,20H,3,7,9,13H2,1-2H3,(H,24,27). The highest BCUT2D eigenvalue weighted by Gasteiger charge is 2.24. The lowest BCUT2D eigenvalue weighted by Crippen LogP contribution is -2.32. The quantitative estimate of drug-likeness (QED) is 0.720. The van der Waals surface area contributed by atoms with Gasteiger partial charge in [-0.2, -0.15) is 5.10 Å². The number of aromatic nitrogens is 2. The van der Waals surface area contributed by atoms with Crippen molar-refractivity contribution in [3.05, 3.63) is 71.4 Å². The van der Waals surface area contributed by atoms with E-state index in [2.05, 4.69) is 28.6 Å². The van der Waals surface area contributed by atoms with Crippen molar-refractivity contribution < 1.29 is 9.53 Å². The van der Waals surface area contributed by atoms with Crippen LogP contribution in [0.5, 0.6) is 5.75 Å². The van der Waals surface area contributed by atoms with Gasteiger partial charge >= 0.3 is 0 Å². The monoisotopic (exact) mass is 375 g/mol. The molecule has 5 heteroatoms. The van der Waals surface area contributed by atoms with Crippen LogP contribution in [0.4, 0.5) is 0 Å². The Kier molecular flexibility index (Phi) is 5.15. The molecule has 1 N–H and O–H groups in total. The number of rotatable bonds is 5. The maximum absolute atomic E-state index is 13.1. The summed E-state index contributed by atoms with van der Waals surface area (Å²) in [5.74, 6) is 0.693. The third kappa shape index (κ3) is 3.52. The Balaban J connectivity index is 1.61. The normalized spacial score (nSPS) is 15.7. The molecule has 0 bridgehead atoms. The molecule has 1 aliphatic rings. The predicted octanol–water partition coefficient (Wildman–Crippen LogP) is 4.39. The first-order valence-electron chi connectivity index (χ1n) is 9.80. The summed E-state index contributed by atoms with van der Waals surface area (Å²) in [4.78, 5) is 13.1. The second-order valence-electron chi connectivity index (χ2n) is 7.08. The van der Waals surface area contributed by atoms with Gasteiger partial charge in [0.15, 0.2) is 0 Å². The molecule has 1 heterocycles. The number of carbonyl (C=O) groups excluding carboxylic acids is 1. The number of fused-ring (bicyclic) bond motifs is 1. The Hall–Kier alpha value is -3.08. The molecule has 1 aliphatic carbocycles.